The summed E-state index contributed by atoms with van der Waals surface area (Å²) in [5.41, 5.74) is 7.65. The Labute approximate surface area is 196 Å². The second kappa shape index (κ2) is 10.7. The van der Waals surface area contributed by atoms with Crippen molar-refractivity contribution in [3.63, 3.8) is 0 Å². The lowest BCUT2D eigenvalue weighted by molar-refractivity contribution is -0.120. The van der Waals surface area contributed by atoms with Gasteiger partial charge in [-0.3, -0.25) is 10.2 Å². The summed E-state index contributed by atoms with van der Waals surface area (Å²) in [7, 11) is 0. The van der Waals surface area contributed by atoms with Gasteiger partial charge in [0.25, 0.3) is 0 Å². The number of rotatable bonds is 8. The number of aromatic nitrogens is 3. The third kappa shape index (κ3) is 5.64. The molecule has 0 bridgehead atoms. The van der Waals surface area contributed by atoms with Crippen LogP contribution in [0.4, 0.5) is 15.9 Å². The number of nitrogens with one attached hydrogen (secondary N) is 3. The Balaban J connectivity index is 1.49. The Morgan fingerprint density at radius 3 is 2.74 bits per heavy atom. The molecule has 1 amide bonds. The number of anilines is 2. The zero-order chi connectivity index (χ0) is 23.9. The summed E-state index contributed by atoms with van der Waals surface area (Å²) in [6, 6.07) is 8.02. The van der Waals surface area contributed by atoms with Gasteiger partial charge >= 0.3 is 0 Å². The second-order valence-electron chi connectivity index (χ2n) is 8.12. The lowest BCUT2D eigenvalue weighted by Gasteiger charge is -2.20. The summed E-state index contributed by atoms with van der Waals surface area (Å²) in [4.78, 5) is 20.9. The van der Waals surface area contributed by atoms with E-state index in [9.17, 15) is 9.18 Å². The van der Waals surface area contributed by atoms with E-state index in [1.165, 1.54) is 24.6 Å². The monoisotopic (exact) mass is 463 g/mol. The van der Waals surface area contributed by atoms with Gasteiger partial charge in [-0.2, -0.15) is 0 Å². The lowest BCUT2D eigenvalue weighted by atomic mass is 9.88. The van der Waals surface area contributed by atoms with Crippen molar-refractivity contribution in [3.05, 3.63) is 71.8 Å². The minimum atomic E-state index is -0.341. The van der Waals surface area contributed by atoms with E-state index in [-0.39, 0.29) is 41.5 Å². The third-order valence-electron chi connectivity index (χ3n) is 5.72. The molecule has 3 aromatic rings. The first-order valence-corrected chi connectivity index (χ1v) is 11.1. The van der Waals surface area contributed by atoms with E-state index < -0.39 is 0 Å². The SMILES string of the molecule is N=C(/C=C(\NCc1ccccc1F)c1ccon1)c1ncc(NC(=O)C2CCCCC2)c(N)n1. The van der Waals surface area contributed by atoms with Gasteiger partial charge in [-0.05, 0) is 25.0 Å². The van der Waals surface area contributed by atoms with Crippen molar-refractivity contribution in [2.45, 2.75) is 38.6 Å². The molecule has 4 rings (SSSR count). The number of carbonyl (C=O) groups excluding carboxylic acids is 1. The Kier molecular flexibility index (Phi) is 7.26. The molecule has 1 fully saturated rings. The maximum Gasteiger partial charge on any atom is 0.227 e. The summed E-state index contributed by atoms with van der Waals surface area (Å²) in [6.07, 6.45) is 9.25. The third-order valence-corrected chi connectivity index (χ3v) is 5.72. The van der Waals surface area contributed by atoms with Gasteiger partial charge in [0.15, 0.2) is 11.6 Å². The van der Waals surface area contributed by atoms with E-state index in [0.29, 0.717) is 22.6 Å². The highest BCUT2D eigenvalue weighted by Gasteiger charge is 2.22. The maximum absolute atomic E-state index is 14.0. The predicted octanol–water partition coefficient (Wildman–Crippen LogP) is 3.90. The molecule has 0 spiro atoms. The fraction of sp³-hybridized carbons (Fsp3) is 0.292. The summed E-state index contributed by atoms with van der Waals surface area (Å²) >= 11 is 0. The second-order valence-corrected chi connectivity index (χ2v) is 8.12. The average molecular weight is 464 g/mol. The molecule has 1 aliphatic carbocycles. The minimum absolute atomic E-state index is 0.0281. The predicted molar refractivity (Wildman–Crippen MR) is 126 cm³/mol. The highest BCUT2D eigenvalue weighted by molar-refractivity contribution is 6.08. The minimum Gasteiger partial charge on any atom is -0.382 e. The molecule has 0 saturated heterocycles. The zero-order valence-corrected chi connectivity index (χ0v) is 18.6. The summed E-state index contributed by atoms with van der Waals surface area (Å²) in [5.74, 6) is -0.300. The van der Waals surface area contributed by atoms with Gasteiger partial charge < -0.3 is 20.9 Å². The highest BCUT2D eigenvalue weighted by atomic mass is 19.1. The fourth-order valence-corrected chi connectivity index (χ4v) is 3.83. The molecule has 1 saturated carbocycles. The molecule has 176 valence electrons. The van der Waals surface area contributed by atoms with Crippen LogP contribution in [0.2, 0.25) is 0 Å². The number of nitrogens with two attached hydrogens (primary N) is 1. The molecule has 1 aliphatic rings. The first kappa shape index (κ1) is 23.1. The van der Waals surface area contributed by atoms with Gasteiger partial charge in [0.2, 0.25) is 5.91 Å². The van der Waals surface area contributed by atoms with Crippen molar-refractivity contribution in [3.8, 4) is 0 Å². The topological polar surface area (TPSA) is 143 Å². The standard InChI is InChI=1S/C24H26FN7O2/c25-17-9-5-4-8-16(17)13-28-20(19-10-11-34-32-19)12-18(26)23-29-14-21(22(27)31-23)30-24(33)15-6-2-1-3-7-15/h4-5,8-12,14-15,26,28H,1-3,6-7,13H2,(H,30,33)(H2,27,29,31)/b20-12-,26-18?. The fourth-order valence-electron chi connectivity index (χ4n) is 3.83. The van der Waals surface area contributed by atoms with Crippen molar-refractivity contribution >= 4 is 28.8 Å². The van der Waals surface area contributed by atoms with Gasteiger partial charge in [0, 0.05) is 24.1 Å². The number of allylic oxidation sites excluding steroid dienone is 1. The van der Waals surface area contributed by atoms with Gasteiger partial charge in [-0.25, -0.2) is 14.4 Å². The Hall–Kier alpha value is -4.08. The molecule has 0 atom stereocenters. The van der Waals surface area contributed by atoms with Crippen molar-refractivity contribution in [1.82, 2.24) is 20.4 Å². The number of halogens is 1. The van der Waals surface area contributed by atoms with Gasteiger partial charge in [0.05, 0.1) is 11.9 Å². The van der Waals surface area contributed by atoms with Crippen molar-refractivity contribution in [2.75, 3.05) is 11.1 Å². The zero-order valence-electron chi connectivity index (χ0n) is 18.6. The van der Waals surface area contributed by atoms with E-state index in [4.69, 9.17) is 15.7 Å². The average Bonchev–Trinajstić information content (AvgIpc) is 3.39. The molecule has 34 heavy (non-hydrogen) atoms. The van der Waals surface area contributed by atoms with Gasteiger partial charge in [-0.1, -0.05) is 42.6 Å². The molecule has 1 aromatic carbocycles. The Morgan fingerprint density at radius 1 is 1.24 bits per heavy atom. The van der Waals surface area contributed by atoms with Crippen LogP contribution < -0.4 is 16.4 Å². The number of hydrogen-bond acceptors (Lipinski definition) is 8. The number of amides is 1. The highest BCUT2D eigenvalue weighted by Crippen LogP contribution is 2.26. The maximum atomic E-state index is 14.0. The Bertz CT molecular complexity index is 1190. The quantitative estimate of drug-likeness (QED) is 0.371. The molecule has 0 radical (unpaired) electrons. The first-order valence-electron chi connectivity index (χ1n) is 11.1. The molecule has 2 heterocycles. The molecule has 2 aromatic heterocycles. The largest absolute Gasteiger partial charge is 0.382 e. The normalized spacial score (nSPS) is 14.6. The van der Waals surface area contributed by atoms with Crippen LogP contribution in [0.15, 0.2) is 53.4 Å². The first-order chi connectivity index (χ1) is 16.5. The number of nitrogen functional groups attached to an aromatic ring is 1. The van der Waals surface area contributed by atoms with E-state index in [1.54, 1.807) is 24.3 Å². The molecule has 0 unspecified atom stereocenters. The number of benzene rings is 1. The van der Waals surface area contributed by atoms with Crippen LogP contribution in [0.5, 0.6) is 0 Å². The van der Waals surface area contributed by atoms with E-state index in [2.05, 4.69) is 25.8 Å². The number of hydrogen-bond donors (Lipinski definition) is 4. The van der Waals surface area contributed by atoms with Crippen molar-refractivity contribution in [2.24, 2.45) is 5.92 Å². The molecule has 10 heteroatoms. The molecule has 0 aliphatic heterocycles. The van der Waals surface area contributed by atoms with Crippen molar-refractivity contribution in [1.29, 1.82) is 5.41 Å². The van der Waals surface area contributed by atoms with Crippen LogP contribution in [0, 0.1) is 17.1 Å². The van der Waals surface area contributed by atoms with Crippen LogP contribution in [-0.2, 0) is 11.3 Å². The van der Waals surface area contributed by atoms with Crippen LogP contribution in [0.1, 0.15) is 49.2 Å². The molecular weight excluding hydrogens is 437 g/mol. The molecule has 9 nitrogen and oxygen atoms in total. The van der Waals surface area contributed by atoms with Crippen LogP contribution >= 0.6 is 0 Å². The number of carbonyl (C=O) groups is 1. The van der Waals surface area contributed by atoms with E-state index >= 15 is 0 Å². The summed E-state index contributed by atoms with van der Waals surface area (Å²) in [6.45, 7) is 0.174. The summed E-state index contributed by atoms with van der Waals surface area (Å²) in [5, 5.41) is 18.2. The molecule has 5 N–H and O–H groups in total. The summed E-state index contributed by atoms with van der Waals surface area (Å²) < 4.78 is 18.9. The van der Waals surface area contributed by atoms with Crippen LogP contribution in [0.3, 0.4) is 0 Å². The number of nitrogens with zero attached hydrogens (tertiary/aromatic N) is 3. The van der Waals surface area contributed by atoms with Crippen molar-refractivity contribution < 1.29 is 13.7 Å². The lowest BCUT2D eigenvalue weighted by Crippen LogP contribution is -2.25. The van der Waals surface area contributed by atoms with Gasteiger partial charge in [0.1, 0.15) is 29.2 Å². The van der Waals surface area contributed by atoms with E-state index in [1.807, 2.05) is 0 Å². The van der Waals surface area contributed by atoms with Crippen LogP contribution in [0.25, 0.3) is 5.70 Å². The van der Waals surface area contributed by atoms with Crippen LogP contribution in [-0.4, -0.2) is 26.7 Å². The Morgan fingerprint density at radius 2 is 2.03 bits per heavy atom. The van der Waals surface area contributed by atoms with E-state index in [0.717, 1.165) is 32.1 Å². The smallest absolute Gasteiger partial charge is 0.227 e. The van der Waals surface area contributed by atoms with Gasteiger partial charge in [-0.15, -0.1) is 0 Å². The molecular formula is C24H26FN7O2.